The number of carbonyl (C=O) groups excluding carboxylic acids is 1. The standard InChI is InChI=1S/C15H19NO4/c1-3-16(13-9-20-8-12(13)15(18)19)14(17)11-7-5-4-6-10(11)2/h4-7,12-13H,3,8-9H2,1-2H3,(H,18,19). The molecule has 5 nitrogen and oxygen atoms in total. The predicted octanol–water partition coefficient (Wildman–Crippen LogP) is 1.56. The second-order valence-electron chi connectivity index (χ2n) is 4.96. The molecule has 1 aliphatic heterocycles. The highest BCUT2D eigenvalue weighted by Gasteiger charge is 2.39. The Kier molecular flexibility index (Phi) is 4.39. The monoisotopic (exact) mass is 277 g/mol. The molecule has 1 aliphatic rings. The lowest BCUT2D eigenvalue weighted by molar-refractivity contribution is -0.142. The van der Waals surface area contributed by atoms with Gasteiger partial charge in [-0.2, -0.15) is 0 Å². The zero-order chi connectivity index (χ0) is 14.7. The van der Waals surface area contributed by atoms with E-state index in [-0.39, 0.29) is 19.1 Å². The SMILES string of the molecule is CCN(C(=O)c1ccccc1C)C1COCC1C(=O)O. The van der Waals surface area contributed by atoms with Crippen LogP contribution in [0.4, 0.5) is 0 Å². The fourth-order valence-electron chi connectivity index (χ4n) is 2.58. The minimum absolute atomic E-state index is 0.132. The van der Waals surface area contributed by atoms with Gasteiger partial charge in [-0.25, -0.2) is 0 Å². The summed E-state index contributed by atoms with van der Waals surface area (Å²) >= 11 is 0. The zero-order valence-corrected chi connectivity index (χ0v) is 11.7. The molecule has 0 aromatic heterocycles. The summed E-state index contributed by atoms with van der Waals surface area (Å²) in [7, 11) is 0. The van der Waals surface area contributed by atoms with Crippen molar-refractivity contribution < 1.29 is 19.4 Å². The summed E-state index contributed by atoms with van der Waals surface area (Å²) in [5.41, 5.74) is 1.51. The van der Waals surface area contributed by atoms with Crippen LogP contribution in [0.3, 0.4) is 0 Å². The number of likely N-dealkylation sites (N-methyl/N-ethyl adjacent to an activating group) is 1. The van der Waals surface area contributed by atoms with Gasteiger partial charge in [0.05, 0.1) is 19.3 Å². The number of nitrogens with zero attached hydrogens (tertiary/aromatic N) is 1. The fraction of sp³-hybridized carbons (Fsp3) is 0.467. The molecule has 0 aliphatic carbocycles. The van der Waals surface area contributed by atoms with E-state index in [2.05, 4.69) is 0 Å². The molecular weight excluding hydrogens is 258 g/mol. The van der Waals surface area contributed by atoms with Crippen LogP contribution in [0.2, 0.25) is 0 Å². The maximum Gasteiger partial charge on any atom is 0.311 e. The molecule has 2 atom stereocenters. The summed E-state index contributed by atoms with van der Waals surface area (Å²) in [6.07, 6.45) is 0. The van der Waals surface area contributed by atoms with E-state index in [0.29, 0.717) is 12.1 Å². The Balaban J connectivity index is 2.26. The molecule has 2 rings (SSSR count). The predicted molar refractivity (Wildman–Crippen MR) is 73.6 cm³/mol. The van der Waals surface area contributed by atoms with Crippen LogP contribution in [0.5, 0.6) is 0 Å². The van der Waals surface area contributed by atoms with Crippen LogP contribution in [-0.4, -0.2) is 47.7 Å². The summed E-state index contributed by atoms with van der Waals surface area (Å²) in [6, 6.07) is 6.94. The van der Waals surface area contributed by atoms with Crippen molar-refractivity contribution in [1.82, 2.24) is 4.90 Å². The second kappa shape index (κ2) is 6.05. The van der Waals surface area contributed by atoms with Gasteiger partial charge in [0.25, 0.3) is 5.91 Å². The highest BCUT2D eigenvalue weighted by Crippen LogP contribution is 2.22. The Morgan fingerprint density at radius 3 is 2.65 bits per heavy atom. The molecule has 5 heteroatoms. The highest BCUT2D eigenvalue weighted by atomic mass is 16.5. The molecular formula is C15H19NO4. The third kappa shape index (κ3) is 2.67. The molecule has 1 aromatic carbocycles. The van der Waals surface area contributed by atoms with Crippen molar-refractivity contribution in [2.45, 2.75) is 19.9 Å². The van der Waals surface area contributed by atoms with Gasteiger partial charge in [-0.15, -0.1) is 0 Å². The largest absolute Gasteiger partial charge is 0.481 e. The third-order valence-corrected chi connectivity index (χ3v) is 3.75. The van der Waals surface area contributed by atoms with E-state index in [9.17, 15) is 14.7 Å². The maximum atomic E-state index is 12.6. The van der Waals surface area contributed by atoms with Gasteiger partial charge in [0.1, 0.15) is 5.92 Å². The fourth-order valence-corrected chi connectivity index (χ4v) is 2.58. The summed E-state index contributed by atoms with van der Waals surface area (Å²) in [5.74, 6) is -1.70. The minimum Gasteiger partial charge on any atom is -0.481 e. The number of carboxylic acids is 1. The second-order valence-corrected chi connectivity index (χ2v) is 4.96. The van der Waals surface area contributed by atoms with E-state index in [1.165, 1.54) is 0 Å². The Morgan fingerprint density at radius 1 is 1.35 bits per heavy atom. The highest BCUT2D eigenvalue weighted by molar-refractivity contribution is 5.96. The molecule has 20 heavy (non-hydrogen) atoms. The number of rotatable bonds is 4. The van der Waals surface area contributed by atoms with Gasteiger partial charge in [-0.05, 0) is 25.5 Å². The number of aliphatic carboxylic acids is 1. The smallest absolute Gasteiger partial charge is 0.311 e. The lowest BCUT2D eigenvalue weighted by Gasteiger charge is -2.29. The van der Waals surface area contributed by atoms with Gasteiger partial charge in [0.15, 0.2) is 0 Å². The summed E-state index contributed by atoms with van der Waals surface area (Å²) in [4.78, 5) is 25.5. The average Bonchev–Trinajstić information content (AvgIpc) is 2.89. The van der Waals surface area contributed by atoms with Gasteiger partial charge in [-0.3, -0.25) is 9.59 Å². The van der Waals surface area contributed by atoms with Crippen molar-refractivity contribution in [3.63, 3.8) is 0 Å². The van der Waals surface area contributed by atoms with Crippen molar-refractivity contribution >= 4 is 11.9 Å². The Labute approximate surface area is 118 Å². The molecule has 0 radical (unpaired) electrons. The molecule has 1 heterocycles. The lowest BCUT2D eigenvalue weighted by Crippen LogP contribution is -2.46. The number of carbonyl (C=O) groups is 2. The first-order chi connectivity index (χ1) is 9.56. The molecule has 2 unspecified atom stereocenters. The molecule has 1 N–H and O–H groups in total. The normalized spacial score (nSPS) is 21.7. The van der Waals surface area contributed by atoms with Gasteiger partial charge >= 0.3 is 5.97 Å². The number of hydrogen-bond donors (Lipinski definition) is 1. The van der Waals surface area contributed by atoms with E-state index in [0.717, 1.165) is 5.56 Å². The van der Waals surface area contributed by atoms with Crippen molar-refractivity contribution in [1.29, 1.82) is 0 Å². The third-order valence-electron chi connectivity index (χ3n) is 3.75. The topological polar surface area (TPSA) is 66.8 Å². The van der Waals surface area contributed by atoms with Crippen LogP contribution in [-0.2, 0) is 9.53 Å². The van der Waals surface area contributed by atoms with Crippen molar-refractivity contribution in [2.24, 2.45) is 5.92 Å². The number of aryl methyl sites for hydroxylation is 1. The van der Waals surface area contributed by atoms with Crippen LogP contribution < -0.4 is 0 Å². The van der Waals surface area contributed by atoms with Crippen LogP contribution >= 0.6 is 0 Å². The van der Waals surface area contributed by atoms with E-state index in [4.69, 9.17) is 4.74 Å². The summed E-state index contributed by atoms with van der Waals surface area (Å²) in [6.45, 7) is 4.64. The summed E-state index contributed by atoms with van der Waals surface area (Å²) in [5, 5.41) is 9.22. The van der Waals surface area contributed by atoms with Crippen LogP contribution in [0.15, 0.2) is 24.3 Å². The Bertz CT molecular complexity index is 514. The van der Waals surface area contributed by atoms with E-state index in [1.807, 2.05) is 32.0 Å². The molecule has 1 aromatic rings. The molecule has 1 fully saturated rings. The van der Waals surface area contributed by atoms with Gasteiger partial charge < -0.3 is 14.7 Å². The molecule has 1 saturated heterocycles. The van der Waals surface area contributed by atoms with Crippen LogP contribution in [0.25, 0.3) is 0 Å². The molecule has 0 bridgehead atoms. The van der Waals surface area contributed by atoms with E-state index < -0.39 is 17.9 Å². The first-order valence-electron chi connectivity index (χ1n) is 6.73. The number of hydrogen-bond acceptors (Lipinski definition) is 3. The molecule has 0 spiro atoms. The molecule has 1 amide bonds. The molecule has 0 saturated carbocycles. The minimum atomic E-state index is -0.913. The quantitative estimate of drug-likeness (QED) is 0.907. The van der Waals surface area contributed by atoms with Crippen molar-refractivity contribution in [3.8, 4) is 0 Å². The van der Waals surface area contributed by atoms with E-state index >= 15 is 0 Å². The molecule has 108 valence electrons. The van der Waals surface area contributed by atoms with E-state index in [1.54, 1.807) is 11.0 Å². The number of ether oxygens (including phenoxy) is 1. The average molecular weight is 277 g/mol. The number of amides is 1. The lowest BCUT2D eigenvalue weighted by atomic mass is 10.00. The van der Waals surface area contributed by atoms with Crippen LogP contribution in [0.1, 0.15) is 22.8 Å². The van der Waals surface area contributed by atoms with Crippen LogP contribution in [0, 0.1) is 12.8 Å². The Hall–Kier alpha value is -1.88. The summed E-state index contributed by atoms with van der Waals surface area (Å²) < 4.78 is 5.26. The Morgan fingerprint density at radius 2 is 2.05 bits per heavy atom. The van der Waals surface area contributed by atoms with Crippen molar-refractivity contribution in [2.75, 3.05) is 19.8 Å². The number of carboxylic acid groups (broad SMARTS) is 1. The van der Waals surface area contributed by atoms with Gasteiger partial charge in [0.2, 0.25) is 0 Å². The van der Waals surface area contributed by atoms with Gasteiger partial charge in [0, 0.05) is 12.1 Å². The first kappa shape index (κ1) is 14.5. The number of benzene rings is 1. The van der Waals surface area contributed by atoms with Gasteiger partial charge in [-0.1, -0.05) is 18.2 Å². The first-order valence-corrected chi connectivity index (χ1v) is 6.73. The van der Waals surface area contributed by atoms with Crippen molar-refractivity contribution in [3.05, 3.63) is 35.4 Å². The maximum absolute atomic E-state index is 12.6. The zero-order valence-electron chi connectivity index (χ0n) is 11.7.